The topological polar surface area (TPSA) is 43.1 Å². The molecule has 4 nitrogen and oxygen atoms in total. The van der Waals surface area contributed by atoms with Gasteiger partial charge in [0.05, 0.1) is 22.1 Å². The van der Waals surface area contributed by atoms with E-state index in [9.17, 15) is 0 Å². The smallest absolute Gasteiger partial charge is 0.137 e. The van der Waals surface area contributed by atoms with Crippen LogP contribution >= 0.6 is 0 Å². The zero-order valence-electron chi connectivity index (χ0n) is 13.2. The lowest BCUT2D eigenvalue weighted by Crippen LogP contribution is -1.92. The van der Waals surface area contributed by atoms with E-state index in [0.717, 1.165) is 49.5 Å². The van der Waals surface area contributed by atoms with E-state index in [2.05, 4.69) is 16.5 Å². The number of pyridine rings is 1. The van der Waals surface area contributed by atoms with Gasteiger partial charge in [-0.25, -0.2) is 15.0 Å². The lowest BCUT2D eigenvalue weighted by Gasteiger charge is -2.07. The second kappa shape index (κ2) is 4.51. The highest BCUT2D eigenvalue weighted by Gasteiger charge is 2.16. The van der Waals surface area contributed by atoms with Gasteiger partial charge in [0.15, 0.2) is 0 Å². The number of fused-ring (bicyclic) bond motifs is 9. The van der Waals surface area contributed by atoms with Gasteiger partial charge in [0.2, 0.25) is 0 Å². The molecule has 0 saturated carbocycles. The van der Waals surface area contributed by atoms with Gasteiger partial charge in [0, 0.05) is 17.0 Å². The van der Waals surface area contributed by atoms with Crippen LogP contribution in [0.4, 0.5) is 0 Å². The van der Waals surface area contributed by atoms with Crippen molar-refractivity contribution in [3.63, 3.8) is 0 Å². The van der Waals surface area contributed by atoms with Crippen LogP contribution in [0.15, 0.2) is 72.9 Å². The molecule has 3 heterocycles. The van der Waals surface area contributed by atoms with Crippen molar-refractivity contribution in [2.45, 2.75) is 0 Å². The van der Waals surface area contributed by atoms with Crippen molar-refractivity contribution in [1.82, 2.24) is 19.4 Å². The minimum absolute atomic E-state index is 0.895. The summed E-state index contributed by atoms with van der Waals surface area (Å²) in [7, 11) is 0. The first-order chi connectivity index (χ1) is 12.4. The Bertz CT molecular complexity index is 1450. The molecule has 116 valence electrons. The minimum Gasteiger partial charge on any atom is -0.298 e. The van der Waals surface area contributed by atoms with E-state index in [-0.39, 0.29) is 0 Å². The van der Waals surface area contributed by atoms with E-state index in [0.29, 0.717) is 0 Å². The van der Waals surface area contributed by atoms with E-state index in [1.807, 2.05) is 60.8 Å². The van der Waals surface area contributed by atoms with Crippen molar-refractivity contribution in [2.75, 3.05) is 0 Å². The fraction of sp³-hybridized carbons (Fsp3) is 0. The van der Waals surface area contributed by atoms with Crippen LogP contribution in [-0.4, -0.2) is 19.4 Å². The van der Waals surface area contributed by atoms with Crippen molar-refractivity contribution in [3.05, 3.63) is 72.9 Å². The monoisotopic (exact) mass is 320 g/mol. The van der Waals surface area contributed by atoms with Crippen molar-refractivity contribution >= 4 is 49.5 Å². The summed E-state index contributed by atoms with van der Waals surface area (Å²) < 4.78 is 2.10. The van der Waals surface area contributed by atoms with Crippen LogP contribution in [0.1, 0.15) is 0 Å². The van der Waals surface area contributed by atoms with Crippen LogP contribution in [0.2, 0.25) is 0 Å². The van der Waals surface area contributed by atoms with Gasteiger partial charge >= 0.3 is 0 Å². The Morgan fingerprint density at radius 2 is 1.20 bits per heavy atom. The van der Waals surface area contributed by atoms with Gasteiger partial charge in [-0.15, -0.1) is 0 Å². The molecule has 0 amide bonds. The number of imidazole rings is 1. The number of hydrogen-bond donors (Lipinski definition) is 0. The Balaban J connectivity index is 2.03. The molecule has 0 unspecified atom stereocenters. The first-order valence-electron chi connectivity index (χ1n) is 8.24. The van der Waals surface area contributed by atoms with Gasteiger partial charge in [-0.2, -0.15) is 0 Å². The SMILES string of the molecule is c1ccc2nc3c(nc2c1)c1ccccc1c1nc2ccccn2c13. The Hall–Kier alpha value is -3.53. The highest BCUT2D eigenvalue weighted by Crippen LogP contribution is 2.34. The van der Waals surface area contributed by atoms with Crippen LogP contribution in [0.3, 0.4) is 0 Å². The fourth-order valence-electron chi connectivity index (χ4n) is 3.66. The predicted molar refractivity (Wildman–Crippen MR) is 101 cm³/mol. The summed E-state index contributed by atoms with van der Waals surface area (Å²) in [6.07, 6.45) is 2.04. The van der Waals surface area contributed by atoms with Crippen molar-refractivity contribution in [1.29, 1.82) is 0 Å². The molecule has 0 bridgehead atoms. The lowest BCUT2D eigenvalue weighted by molar-refractivity contribution is 1.23. The van der Waals surface area contributed by atoms with Crippen molar-refractivity contribution in [3.8, 4) is 0 Å². The summed E-state index contributed by atoms with van der Waals surface area (Å²) in [4.78, 5) is 14.8. The first-order valence-corrected chi connectivity index (χ1v) is 8.24. The summed E-state index contributed by atoms with van der Waals surface area (Å²) in [6.45, 7) is 0. The van der Waals surface area contributed by atoms with Crippen molar-refractivity contribution < 1.29 is 0 Å². The summed E-state index contributed by atoms with van der Waals surface area (Å²) in [5.41, 5.74) is 6.54. The molecule has 0 aliphatic carbocycles. The van der Waals surface area contributed by atoms with Gasteiger partial charge in [-0.3, -0.25) is 4.40 Å². The Morgan fingerprint density at radius 1 is 0.560 bits per heavy atom. The van der Waals surface area contributed by atoms with Gasteiger partial charge in [0.1, 0.15) is 16.7 Å². The predicted octanol–water partition coefficient (Wildman–Crippen LogP) is 4.74. The number of rotatable bonds is 0. The van der Waals surface area contributed by atoms with E-state index < -0.39 is 0 Å². The van der Waals surface area contributed by atoms with E-state index in [1.165, 1.54) is 0 Å². The molecule has 0 fully saturated rings. The minimum atomic E-state index is 0.895. The second-order valence-corrected chi connectivity index (χ2v) is 6.19. The fourth-order valence-corrected chi connectivity index (χ4v) is 3.66. The Kier molecular flexibility index (Phi) is 2.32. The zero-order valence-corrected chi connectivity index (χ0v) is 13.2. The third-order valence-electron chi connectivity index (χ3n) is 4.76. The van der Waals surface area contributed by atoms with Gasteiger partial charge in [-0.05, 0) is 24.3 Å². The molecular weight excluding hydrogens is 308 g/mol. The van der Waals surface area contributed by atoms with Crippen LogP contribution in [-0.2, 0) is 0 Å². The van der Waals surface area contributed by atoms with Crippen molar-refractivity contribution in [2.24, 2.45) is 0 Å². The van der Waals surface area contributed by atoms with E-state index in [4.69, 9.17) is 15.0 Å². The third-order valence-corrected chi connectivity index (χ3v) is 4.76. The highest BCUT2D eigenvalue weighted by molar-refractivity contribution is 6.22. The zero-order chi connectivity index (χ0) is 16.4. The van der Waals surface area contributed by atoms with Gasteiger partial charge in [-0.1, -0.05) is 42.5 Å². The molecule has 0 spiro atoms. The summed E-state index contributed by atoms with van der Waals surface area (Å²) in [6, 6.07) is 22.4. The molecule has 4 heteroatoms. The number of nitrogens with zero attached hydrogens (tertiary/aromatic N) is 4. The quantitative estimate of drug-likeness (QED) is 0.300. The molecule has 0 aliphatic heterocycles. The molecule has 6 aromatic rings. The number of benzene rings is 3. The number of aromatic nitrogens is 4. The average Bonchev–Trinajstić information content (AvgIpc) is 3.07. The largest absolute Gasteiger partial charge is 0.298 e. The highest BCUT2D eigenvalue weighted by atomic mass is 15.0. The maximum absolute atomic E-state index is 4.95. The Labute approximate surface area is 142 Å². The summed E-state index contributed by atoms with van der Waals surface area (Å²) in [5, 5.41) is 2.20. The van der Waals surface area contributed by atoms with Crippen LogP contribution in [0.25, 0.3) is 49.5 Å². The molecule has 25 heavy (non-hydrogen) atoms. The number of para-hydroxylation sites is 2. The normalized spacial score (nSPS) is 12.0. The number of hydrogen-bond acceptors (Lipinski definition) is 3. The van der Waals surface area contributed by atoms with Crippen LogP contribution in [0.5, 0.6) is 0 Å². The summed E-state index contributed by atoms with van der Waals surface area (Å²) >= 11 is 0. The molecular formula is C21H12N4. The molecule has 3 aromatic heterocycles. The molecule has 0 N–H and O–H groups in total. The standard InChI is InChI=1S/C21H12N4/c1-2-8-14-13(7-1)18-20(23-16-10-4-3-9-15(16)22-18)21-19(14)24-17-11-5-6-12-25(17)21/h1-12H. The van der Waals surface area contributed by atoms with Crippen LogP contribution in [0, 0.1) is 0 Å². The van der Waals surface area contributed by atoms with E-state index >= 15 is 0 Å². The first kappa shape index (κ1) is 12.8. The molecule has 0 radical (unpaired) electrons. The third kappa shape index (κ3) is 1.63. The van der Waals surface area contributed by atoms with E-state index in [1.54, 1.807) is 0 Å². The molecule has 0 saturated heterocycles. The lowest BCUT2D eigenvalue weighted by atomic mass is 10.1. The van der Waals surface area contributed by atoms with Gasteiger partial charge in [0.25, 0.3) is 0 Å². The molecule has 3 aromatic carbocycles. The van der Waals surface area contributed by atoms with Gasteiger partial charge < -0.3 is 0 Å². The maximum atomic E-state index is 4.95. The molecule has 6 rings (SSSR count). The van der Waals surface area contributed by atoms with Crippen LogP contribution < -0.4 is 0 Å². The maximum Gasteiger partial charge on any atom is 0.137 e. The second-order valence-electron chi connectivity index (χ2n) is 6.19. The average molecular weight is 320 g/mol. The summed E-state index contributed by atoms with van der Waals surface area (Å²) in [5.74, 6) is 0. The molecule has 0 atom stereocenters. The molecule has 0 aliphatic rings. The Morgan fingerprint density at radius 3 is 2.00 bits per heavy atom.